The zero-order chi connectivity index (χ0) is 24.8. The van der Waals surface area contributed by atoms with Gasteiger partial charge in [0, 0.05) is 58.4 Å². The van der Waals surface area contributed by atoms with Gasteiger partial charge in [0.2, 0.25) is 0 Å². The van der Waals surface area contributed by atoms with Crippen molar-refractivity contribution in [1.82, 2.24) is 15.2 Å². The molecular weight excluding hydrogens is 470 g/mol. The number of ether oxygens (including phenoxy) is 3. The predicted octanol–water partition coefficient (Wildman–Crippen LogP) is 1.83. The minimum atomic E-state index is -0.351. The van der Waals surface area contributed by atoms with E-state index < -0.39 is 0 Å². The van der Waals surface area contributed by atoms with Gasteiger partial charge < -0.3 is 29.7 Å². The highest BCUT2D eigenvalue weighted by Crippen LogP contribution is 2.27. The highest BCUT2D eigenvalue weighted by atomic mass is 32.1. The fourth-order valence-corrected chi connectivity index (χ4v) is 4.87. The highest BCUT2D eigenvalue weighted by Gasteiger charge is 2.29. The zero-order valence-electron chi connectivity index (χ0n) is 20.4. The third-order valence-corrected chi connectivity index (χ3v) is 6.96. The van der Waals surface area contributed by atoms with Crippen molar-refractivity contribution in [3.05, 3.63) is 40.4 Å². The Morgan fingerprint density at radius 2 is 2.00 bits per heavy atom. The lowest BCUT2D eigenvalue weighted by Gasteiger charge is -2.37. The molecule has 1 aromatic carbocycles. The lowest BCUT2D eigenvalue weighted by atomic mass is 10.1. The second-order valence-corrected chi connectivity index (χ2v) is 9.67. The Morgan fingerprint density at radius 3 is 2.71 bits per heavy atom. The van der Waals surface area contributed by atoms with E-state index in [-0.39, 0.29) is 24.0 Å². The van der Waals surface area contributed by atoms with Gasteiger partial charge in [0.1, 0.15) is 5.69 Å². The molecule has 2 fully saturated rings. The number of nitrogens with one attached hydrogen (secondary N) is 2. The minimum Gasteiger partial charge on any atom is -0.383 e. The van der Waals surface area contributed by atoms with Crippen LogP contribution in [0.15, 0.2) is 23.6 Å². The number of morpholine rings is 1. The molecular formula is C24H33N5O5S. The predicted molar refractivity (Wildman–Crippen MR) is 134 cm³/mol. The van der Waals surface area contributed by atoms with Crippen molar-refractivity contribution < 1.29 is 23.8 Å². The number of benzene rings is 1. The molecule has 0 bridgehead atoms. The molecule has 2 aliphatic heterocycles. The van der Waals surface area contributed by atoms with Gasteiger partial charge in [-0.3, -0.25) is 14.5 Å². The average Bonchev–Trinajstić information content (AvgIpc) is 3.30. The van der Waals surface area contributed by atoms with Gasteiger partial charge in [-0.05, 0) is 24.6 Å². The first kappa shape index (κ1) is 25.5. The third-order valence-electron chi connectivity index (χ3n) is 6.06. The van der Waals surface area contributed by atoms with Gasteiger partial charge in [0.05, 0.1) is 37.2 Å². The summed E-state index contributed by atoms with van der Waals surface area (Å²) in [5.41, 5.74) is 2.17. The Hall–Kier alpha value is -2.57. The first-order valence-electron chi connectivity index (χ1n) is 11.7. The van der Waals surface area contributed by atoms with Crippen LogP contribution in [-0.2, 0) is 20.8 Å². The van der Waals surface area contributed by atoms with Gasteiger partial charge in [-0.25, -0.2) is 4.98 Å². The molecule has 2 aliphatic rings. The van der Waals surface area contributed by atoms with Gasteiger partial charge >= 0.3 is 0 Å². The van der Waals surface area contributed by atoms with E-state index in [1.807, 2.05) is 19.1 Å². The molecule has 4 rings (SSSR count). The minimum absolute atomic E-state index is 0.174. The van der Waals surface area contributed by atoms with Crippen molar-refractivity contribution in [2.45, 2.75) is 25.6 Å². The SMILES string of the molecule is COC[C@H](C)NC(=O)c1cc(CN2CCOCC2)ccc1NC(=O)c1csc(N2CC(OC)C2)n1. The molecule has 0 aliphatic carbocycles. The summed E-state index contributed by atoms with van der Waals surface area (Å²) in [5, 5.41) is 8.35. The zero-order valence-corrected chi connectivity index (χ0v) is 21.2. The van der Waals surface area contributed by atoms with Crippen LogP contribution in [0, 0.1) is 0 Å². The van der Waals surface area contributed by atoms with Crippen LogP contribution in [0.1, 0.15) is 33.3 Å². The second kappa shape index (κ2) is 11.9. The fourth-order valence-electron chi connectivity index (χ4n) is 4.04. The molecule has 0 spiro atoms. The van der Waals surface area contributed by atoms with Crippen molar-refractivity contribution in [2.24, 2.45) is 0 Å². The number of carbonyl (C=O) groups excluding carboxylic acids is 2. The maximum atomic E-state index is 13.1. The summed E-state index contributed by atoms with van der Waals surface area (Å²) in [4.78, 5) is 35.0. The standard InChI is InChI=1S/C24H33N5O5S/c1-16(14-32-2)25-22(30)19-10-17(11-28-6-8-34-9-7-28)4-5-20(19)26-23(31)21-15-35-24(27-21)29-12-18(13-29)33-3/h4-5,10,15-16,18H,6-9,11-14H2,1-3H3,(H,25,30)(H,26,31)/t16-/m0/s1. The number of aromatic nitrogens is 1. The Bertz CT molecular complexity index is 1020. The van der Waals surface area contributed by atoms with Gasteiger partial charge in [-0.15, -0.1) is 11.3 Å². The Balaban J connectivity index is 1.49. The Morgan fingerprint density at radius 1 is 1.23 bits per heavy atom. The first-order valence-corrected chi connectivity index (χ1v) is 12.6. The van der Waals surface area contributed by atoms with Crippen molar-refractivity contribution in [2.75, 3.05) is 70.4 Å². The van der Waals surface area contributed by atoms with Crippen LogP contribution in [0.25, 0.3) is 0 Å². The van der Waals surface area contributed by atoms with Gasteiger partial charge in [-0.1, -0.05) is 6.07 Å². The van der Waals surface area contributed by atoms with Crippen molar-refractivity contribution in [1.29, 1.82) is 0 Å². The topological polar surface area (TPSA) is 105 Å². The largest absolute Gasteiger partial charge is 0.383 e. The molecule has 0 radical (unpaired) electrons. The molecule has 190 valence electrons. The van der Waals surface area contributed by atoms with E-state index in [2.05, 4.69) is 25.4 Å². The smallest absolute Gasteiger partial charge is 0.275 e. The van der Waals surface area contributed by atoms with E-state index in [0.29, 0.717) is 43.3 Å². The summed E-state index contributed by atoms with van der Waals surface area (Å²) in [7, 11) is 3.29. The summed E-state index contributed by atoms with van der Waals surface area (Å²) in [5.74, 6) is -0.616. The molecule has 1 aromatic heterocycles. The van der Waals surface area contributed by atoms with Crippen LogP contribution in [0.5, 0.6) is 0 Å². The normalized spacial score (nSPS) is 17.6. The van der Waals surface area contributed by atoms with Crippen LogP contribution in [0.2, 0.25) is 0 Å². The molecule has 2 N–H and O–H groups in total. The van der Waals surface area contributed by atoms with Crippen molar-refractivity contribution >= 4 is 34.0 Å². The fraction of sp³-hybridized carbons (Fsp3) is 0.542. The third kappa shape index (κ3) is 6.56. The lowest BCUT2D eigenvalue weighted by molar-refractivity contribution is 0.0342. The van der Waals surface area contributed by atoms with E-state index in [4.69, 9.17) is 14.2 Å². The van der Waals surface area contributed by atoms with E-state index in [9.17, 15) is 9.59 Å². The lowest BCUT2D eigenvalue weighted by Crippen LogP contribution is -2.51. The summed E-state index contributed by atoms with van der Waals surface area (Å²) in [6.45, 7) is 7.60. The van der Waals surface area contributed by atoms with E-state index >= 15 is 0 Å². The number of amides is 2. The molecule has 0 unspecified atom stereocenters. The highest BCUT2D eigenvalue weighted by molar-refractivity contribution is 7.14. The van der Waals surface area contributed by atoms with Crippen molar-refractivity contribution in [3.63, 3.8) is 0 Å². The van der Waals surface area contributed by atoms with Gasteiger partial charge in [-0.2, -0.15) is 0 Å². The summed E-state index contributed by atoms with van der Waals surface area (Å²) >= 11 is 1.42. The number of carbonyl (C=O) groups is 2. The Kier molecular flexibility index (Phi) is 8.69. The number of methoxy groups -OCH3 is 2. The van der Waals surface area contributed by atoms with Crippen LogP contribution < -0.4 is 15.5 Å². The molecule has 3 heterocycles. The molecule has 1 atom stereocenters. The Labute approximate surface area is 209 Å². The maximum Gasteiger partial charge on any atom is 0.275 e. The van der Waals surface area contributed by atoms with Gasteiger partial charge in [0.25, 0.3) is 11.8 Å². The number of rotatable bonds is 10. The number of nitrogens with zero attached hydrogens (tertiary/aromatic N) is 3. The quantitative estimate of drug-likeness (QED) is 0.506. The molecule has 2 aromatic rings. The molecule has 35 heavy (non-hydrogen) atoms. The average molecular weight is 504 g/mol. The molecule has 2 saturated heterocycles. The number of hydrogen-bond acceptors (Lipinski definition) is 9. The van der Waals surface area contributed by atoms with Crippen LogP contribution in [0.4, 0.5) is 10.8 Å². The summed E-state index contributed by atoms with van der Waals surface area (Å²) in [6.07, 6.45) is 0.203. The molecule has 11 heteroatoms. The van der Waals surface area contributed by atoms with Crippen LogP contribution >= 0.6 is 11.3 Å². The van der Waals surface area contributed by atoms with Crippen molar-refractivity contribution in [3.8, 4) is 0 Å². The molecule has 2 amide bonds. The first-order chi connectivity index (χ1) is 17.0. The number of thiazole rings is 1. The van der Waals surface area contributed by atoms with E-state index in [1.165, 1.54) is 11.3 Å². The van der Waals surface area contributed by atoms with Crippen LogP contribution in [-0.4, -0.2) is 94.1 Å². The number of hydrogen-bond donors (Lipinski definition) is 2. The summed E-state index contributed by atoms with van der Waals surface area (Å²) in [6, 6.07) is 5.40. The maximum absolute atomic E-state index is 13.1. The van der Waals surface area contributed by atoms with Crippen LogP contribution in [0.3, 0.4) is 0 Å². The monoisotopic (exact) mass is 503 g/mol. The molecule has 10 nitrogen and oxygen atoms in total. The second-order valence-electron chi connectivity index (χ2n) is 8.83. The van der Waals surface area contributed by atoms with E-state index in [0.717, 1.165) is 36.9 Å². The van der Waals surface area contributed by atoms with E-state index in [1.54, 1.807) is 25.7 Å². The molecule has 0 saturated carbocycles. The number of anilines is 2. The van der Waals surface area contributed by atoms with Gasteiger partial charge in [0.15, 0.2) is 5.13 Å². The summed E-state index contributed by atoms with van der Waals surface area (Å²) < 4.78 is 15.9.